The number of carbonyl (C=O) groups is 2. The maximum atomic E-state index is 12.5. The molecule has 1 fully saturated rings. The number of amides is 2. The molecule has 1 N–H and O–H groups in total. The van der Waals surface area contributed by atoms with E-state index >= 15 is 0 Å². The Hall–Kier alpha value is -2.28. The van der Waals surface area contributed by atoms with Gasteiger partial charge in [0.1, 0.15) is 11.5 Å². The van der Waals surface area contributed by atoms with Crippen molar-refractivity contribution in [2.45, 2.75) is 38.9 Å². The highest BCUT2D eigenvalue weighted by Crippen LogP contribution is 2.24. The predicted octanol–water partition coefficient (Wildman–Crippen LogP) is 1.26. The summed E-state index contributed by atoms with van der Waals surface area (Å²) >= 11 is 0. The molecule has 7 nitrogen and oxygen atoms in total. The normalized spacial score (nSPS) is 17.8. The molecule has 0 aliphatic carbocycles. The summed E-state index contributed by atoms with van der Waals surface area (Å²) in [6.45, 7) is 5.72. The summed E-state index contributed by atoms with van der Waals surface area (Å²) in [6, 6.07) is 5.28. The third-order valence-corrected chi connectivity index (χ3v) is 4.77. The average Bonchev–Trinajstić information content (AvgIpc) is 2.63. The smallest absolute Gasteiger partial charge is 0.237 e. The second kappa shape index (κ2) is 8.89. The fraction of sp³-hybridized carbons (Fsp3) is 0.579. The largest absolute Gasteiger partial charge is 0.497 e. The second-order valence-electron chi connectivity index (χ2n) is 6.80. The maximum absolute atomic E-state index is 12.5. The first kappa shape index (κ1) is 20.0. The molecule has 1 aromatic carbocycles. The van der Waals surface area contributed by atoms with Crippen molar-refractivity contribution in [2.75, 3.05) is 34.4 Å². The molecular formula is C19H29N3O4. The van der Waals surface area contributed by atoms with Gasteiger partial charge in [-0.15, -0.1) is 0 Å². The lowest BCUT2D eigenvalue weighted by atomic mass is 10.1. The highest BCUT2D eigenvalue weighted by molar-refractivity contribution is 5.88. The van der Waals surface area contributed by atoms with Crippen molar-refractivity contribution in [1.29, 1.82) is 0 Å². The highest BCUT2D eigenvalue weighted by Gasteiger charge is 2.32. The van der Waals surface area contributed by atoms with E-state index in [1.54, 1.807) is 26.2 Å². The van der Waals surface area contributed by atoms with E-state index in [1.807, 2.05) is 36.9 Å². The van der Waals surface area contributed by atoms with Crippen LogP contribution in [-0.4, -0.2) is 68.1 Å². The van der Waals surface area contributed by atoms with Gasteiger partial charge in [0, 0.05) is 38.8 Å². The van der Waals surface area contributed by atoms with E-state index < -0.39 is 6.04 Å². The van der Waals surface area contributed by atoms with Crippen molar-refractivity contribution < 1.29 is 19.1 Å². The number of hydrogen-bond acceptors (Lipinski definition) is 5. The van der Waals surface area contributed by atoms with E-state index in [0.29, 0.717) is 31.1 Å². The van der Waals surface area contributed by atoms with Crippen LogP contribution in [-0.2, 0) is 16.1 Å². The number of hydrogen-bond donors (Lipinski definition) is 1. The topological polar surface area (TPSA) is 71.1 Å². The van der Waals surface area contributed by atoms with E-state index in [0.717, 1.165) is 5.56 Å². The van der Waals surface area contributed by atoms with Crippen LogP contribution < -0.4 is 14.8 Å². The zero-order valence-electron chi connectivity index (χ0n) is 16.2. The quantitative estimate of drug-likeness (QED) is 0.790. The van der Waals surface area contributed by atoms with Crippen LogP contribution >= 0.6 is 0 Å². The molecule has 1 aromatic rings. The van der Waals surface area contributed by atoms with Crippen molar-refractivity contribution >= 4 is 11.8 Å². The number of piperazine rings is 1. The van der Waals surface area contributed by atoms with Crippen molar-refractivity contribution in [1.82, 2.24) is 15.1 Å². The summed E-state index contributed by atoms with van der Waals surface area (Å²) in [5.41, 5.74) is 0.977. The van der Waals surface area contributed by atoms with E-state index in [9.17, 15) is 9.59 Å². The molecule has 0 bridgehead atoms. The summed E-state index contributed by atoms with van der Waals surface area (Å²) in [5.74, 6) is 1.27. The summed E-state index contributed by atoms with van der Waals surface area (Å²) in [5, 5.41) is 2.87. The summed E-state index contributed by atoms with van der Waals surface area (Å²) in [4.78, 5) is 28.6. The molecule has 7 heteroatoms. The van der Waals surface area contributed by atoms with Gasteiger partial charge in [-0.1, -0.05) is 0 Å². The molecule has 0 unspecified atom stereocenters. The number of benzene rings is 1. The monoisotopic (exact) mass is 363 g/mol. The number of methoxy groups -OCH3 is 2. The van der Waals surface area contributed by atoms with Gasteiger partial charge < -0.3 is 19.7 Å². The Labute approximate surface area is 155 Å². The molecule has 1 heterocycles. The lowest BCUT2D eigenvalue weighted by Gasteiger charge is -2.36. The fourth-order valence-corrected chi connectivity index (χ4v) is 2.96. The first-order chi connectivity index (χ1) is 12.3. The molecule has 0 saturated carbocycles. The van der Waals surface area contributed by atoms with Crippen LogP contribution in [0.1, 0.15) is 25.8 Å². The Balaban J connectivity index is 2.17. The minimum absolute atomic E-state index is 0.0322. The zero-order valence-corrected chi connectivity index (χ0v) is 16.2. The second-order valence-corrected chi connectivity index (χ2v) is 6.80. The summed E-state index contributed by atoms with van der Waals surface area (Å²) in [7, 11) is 4.98. The molecule has 0 spiro atoms. The van der Waals surface area contributed by atoms with E-state index in [2.05, 4.69) is 5.32 Å². The van der Waals surface area contributed by atoms with E-state index in [-0.39, 0.29) is 24.3 Å². The fourth-order valence-electron chi connectivity index (χ4n) is 2.96. The Morgan fingerprint density at radius 2 is 1.88 bits per heavy atom. The Morgan fingerprint density at radius 3 is 2.42 bits per heavy atom. The molecule has 0 radical (unpaired) electrons. The van der Waals surface area contributed by atoms with Crippen LogP contribution in [0.15, 0.2) is 18.2 Å². The number of ether oxygens (including phenoxy) is 2. The summed E-state index contributed by atoms with van der Waals surface area (Å²) < 4.78 is 10.6. The van der Waals surface area contributed by atoms with Crippen molar-refractivity contribution in [3.05, 3.63) is 23.8 Å². The Bertz CT molecular complexity index is 625. The van der Waals surface area contributed by atoms with Gasteiger partial charge in [-0.05, 0) is 31.5 Å². The molecular weight excluding hydrogens is 334 g/mol. The Morgan fingerprint density at radius 1 is 1.27 bits per heavy atom. The van der Waals surface area contributed by atoms with Crippen molar-refractivity contribution in [3.8, 4) is 11.5 Å². The van der Waals surface area contributed by atoms with Crippen molar-refractivity contribution in [3.63, 3.8) is 0 Å². The van der Waals surface area contributed by atoms with Crippen molar-refractivity contribution in [2.24, 2.45) is 0 Å². The van der Waals surface area contributed by atoms with Gasteiger partial charge >= 0.3 is 0 Å². The maximum Gasteiger partial charge on any atom is 0.237 e. The zero-order chi connectivity index (χ0) is 19.3. The molecule has 144 valence electrons. The molecule has 1 atom stereocenters. The minimum atomic E-state index is -0.477. The van der Waals surface area contributed by atoms with Gasteiger partial charge in [-0.2, -0.15) is 0 Å². The predicted molar refractivity (Wildman–Crippen MR) is 99.3 cm³/mol. The van der Waals surface area contributed by atoms with Crippen LogP contribution in [0, 0.1) is 0 Å². The Kier molecular flexibility index (Phi) is 6.85. The third-order valence-electron chi connectivity index (χ3n) is 4.77. The molecule has 0 aromatic heterocycles. The standard InChI is InChI=1S/C19H29N3O4/c1-13(2)21(3)18(23)11-17-19(24)20-6-7-22(17)12-14-8-15(25-4)10-16(9-14)26-5/h8-10,13,17H,6-7,11-12H2,1-5H3,(H,20,24)/t17-/m0/s1. The van der Waals surface area contributed by atoms with Gasteiger partial charge in [-0.3, -0.25) is 14.5 Å². The van der Waals surface area contributed by atoms with Crippen LogP contribution in [0.4, 0.5) is 0 Å². The van der Waals surface area contributed by atoms with E-state index in [4.69, 9.17) is 9.47 Å². The number of rotatable bonds is 7. The first-order valence-corrected chi connectivity index (χ1v) is 8.85. The molecule has 1 aliphatic rings. The van der Waals surface area contributed by atoms with Gasteiger partial charge in [-0.25, -0.2) is 0 Å². The summed E-state index contributed by atoms with van der Waals surface area (Å²) in [6.07, 6.45) is 0.168. The number of nitrogens with one attached hydrogen (secondary N) is 1. The van der Waals surface area contributed by atoms with E-state index in [1.165, 1.54) is 0 Å². The molecule has 1 saturated heterocycles. The van der Waals surface area contributed by atoms with Gasteiger partial charge in [0.15, 0.2) is 0 Å². The van der Waals surface area contributed by atoms with Gasteiger partial charge in [0.2, 0.25) is 11.8 Å². The van der Waals surface area contributed by atoms with Crippen LogP contribution in [0.2, 0.25) is 0 Å². The highest BCUT2D eigenvalue weighted by atomic mass is 16.5. The SMILES string of the molecule is COc1cc(CN2CCNC(=O)[C@@H]2CC(=O)N(C)C(C)C)cc(OC)c1. The first-order valence-electron chi connectivity index (χ1n) is 8.85. The molecule has 26 heavy (non-hydrogen) atoms. The lowest BCUT2D eigenvalue weighted by Crippen LogP contribution is -2.56. The van der Waals surface area contributed by atoms with Crippen LogP contribution in [0.3, 0.4) is 0 Å². The lowest BCUT2D eigenvalue weighted by molar-refractivity contribution is -0.139. The minimum Gasteiger partial charge on any atom is -0.497 e. The number of nitrogens with zero attached hydrogens (tertiary/aromatic N) is 2. The van der Waals surface area contributed by atoms with Crippen LogP contribution in [0.5, 0.6) is 11.5 Å². The third kappa shape index (κ3) is 4.88. The van der Waals surface area contributed by atoms with Gasteiger partial charge in [0.05, 0.1) is 26.7 Å². The van der Waals surface area contributed by atoms with Crippen LogP contribution in [0.25, 0.3) is 0 Å². The van der Waals surface area contributed by atoms with Gasteiger partial charge in [0.25, 0.3) is 0 Å². The average molecular weight is 363 g/mol. The molecule has 2 rings (SSSR count). The molecule has 2 amide bonds. The molecule has 1 aliphatic heterocycles. The number of carbonyl (C=O) groups excluding carboxylic acids is 2.